The molecule has 1 N–H and O–H groups in total. The Morgan fingerprint density at radius 2 is 1.96 bits per heavy atom. The molecule has 0 aliphatic rings. The number of amides is 1. The van der Waals surface area contributed by atoms with E-state index in [0.717, 1.165) is 11.3 Å². The molecule has 2 heterocycles. The van der Waals surface area contributed by atoms with Crippen LogP contribution in [0, 0.1) is 6.92 Å². The van der Waals surface area contributed by atoms with Gasteiger partial charge in [-0.3, -0.25) is 9.48 Å². The predicted molar refractivity (Wildman–Crippen MR) is 103 cm³/mol. The number of rotatable bonds is 7. The monoisotopic (exact) mass is 381 g/mol. The first kappa shape index (κ1) is 19.4. The highest BCUT2D eigenvalue weighted by atomic mass is 16.5. The number of carbonyl (C=O) groups is 2. The second-order valence-corrected chi connectivity index (χ2v) is 6.36. The highest BCUT2D eigenvalue weighted by Crippen LogP contribution is 2.16. The average molecular weight is 381 g/mol. The van der Waals surface area contributed by atoms with E-state index in [-0.39, 0.29) is 12.5 Å². The number of aryl methyl sites for hydroxylation is 1. The fraction of sp³-hybridized carbons (Fsp3) is 0.286. The third kappa shape index (κ3) is 4.14. The molecule has 0 unspecified atom stereocenters. The summed E-state index contributed by atoms with van der Waals surface area (Å²) in [6.45, 7) is 4.45. The van der Waals surface area contributed by atoms with Gasteiger partial charge in [0.2, 0.25) is 0 Å². The Kier molecular flexibility index (Phi) is 5.93. The highest BCUT2D eigenvalue weighted by Gasteiger charge is 2.19. The van der Waals surface area contributed by atoms with Crippen LogP contribution in [0.15, 0.2) is 47.0 Å². The van der Waals surface area contributed by atoms with Gasteiger partial charge < -0.3 is 14.5 Å². The van der Waals surface area contributed by atoms with Crippen molar-refractivity contribution in [3.05, 3.63) is 76.5 Å². The summed E-state index contributed by atoms with van der Waals surface area (Å²) in [5.74, 6) is 0.251. The molecule has 3 aromatic rings. The van der Waals surface area contributed by atoms with Crippen LogP contribution in [-0.4, -0.2) is 28.8 Å². The van der Waals surface area contributed by atoms with E-state index < -0.39 is 5.97 Å². The van der Waals surface area contributed by atoms with Crippen LogP contribution in [0.5, 0.6) is 0 Å². The first-order valence-corrected chi connectivity index (χ1v) is 9.07. The highest BCUT2D eigenvalue weighted by molar-refractivity contribution is 5.95. The van der Waals surface area contributed by atoms with Gasteiger partial charge in [0.05, 0.1) is 37.7 Å². The fourth-order valence-corrected chi connectivity index (χ4v) is 3.07. The lowest BCUT2D eigenvalue weighted by Crippen LogP contribution is -2.23. The maximum atomic E-state index is 12.6. The summed E-state index contributed by atoms with van der Waals surface area (Å²) >= 11 is 0. The first-order chi connectivity index (χ1) is 13.5. The molecule has 0 radical (unpaired) electrons. The number of methoxy groups -OCH3 is 1. The summed E-state index contributed by atoms with van der Waals surface area (Å²) in [5, 5.41) is 7.21. The normalized spacial score (nSPS) is 10.7. The van der Waals surface area contributed by atoms with Crippen LogP contribution in [0.1, 0.15) is 50.4 Å². The quantitative estimate of drug-likeness (QED) is 0.636. The summed E-state index contributed by atoms with van der Waals surface area (Å²) in [6.07, 6.45) is 2.27. The van der Waals surface area contributed by atoms with Gasteiger partial charge in [-0.05, 0) is 25.0 Å². The third-order valence-electron chi connectivity index (χ3n) is 4.50. The summed E-state index contributed by atoms with van der Waals surface area (Å²) in [4.78, 5) is 24.3. The summed E-state index contributed by atoms with van der Waals surface area (Å²) < 4.78 is 12.1. The molecule has 0 fully saturated rings. The Labute approximate surface area is 163 Å². The molecule has 0 saturated carbocycles. The van der Waals surface area contributed by atoms with E-state index in [1.807, 2.05) is 41.9 Å². The number of nitrogens with one attached hydrogen (secondary N) is 1. The number of ether oxygens (including phenoxy) is 1. The molecule has 1 amide bonds. The second-order valence-electron chi connectivity index (χ2n) is 6.36. The molecule has 7 heteroatoms. The van der Waals surface area contributed by atoms with Crippen molar-refractivity contribution >= 4 is 11.9 Å². The van der Waals surface area contributed by atoms with Crippen molar-refractivity contribution in [2.45, 2.75) is 33.4 Å². The van der Waals surface area contributed by atoms with E-state index in [1.165, 1.54) is 7.11 Å². The molecular formula is C21H23N3O4. The summed E-state index contributed by atoms with van der Waals surface area (Å²) in [6, 6.07) is 11.6. The third-order valence-corrected chi connectivity index (χ3v) is 4.50. The molecule has 2 aromatic heterocycles. The molecule has 1 aromatic carbocycles. The van der Waals surface area contributed by atoms with Crippen LogP contribution in [0.25, 0.3) is 0 Å². The molecule has 146 valence electrons. The summed E-state index contributed by atoms with van der Waals surface area (Å²) in [7, 11) is 1.32. The fourth-order valence-electron chi connectivity index (χ4n) is 3.07. The molecule has 7 nitrogen and oxygen atoms in total. The lowest BCUT2D eigenvalue weighted by molar-refractivity contribution is 0.0598. The maximum Gasteiger partial charge on any atom is 0.341 e. The number of benzene rings is 1. The number of furan rings is 1. The van der Waals surface area contributed by atoms with Crippen LogP contribution < -0.4 is 5.32 Å². The lowest BCUT2D eigenvalue weighted by Gasteiger charge is -2.08. The molecule has 28 heavy (non-hydrogen) atoms. The van der Waals surface area contributed by atoms with Gasteiger partial charge in [0.15, 0.2) is 0 Å². The van der Waals surface area contributed by atoms with E-state index in [0.29, 0.717) is 35.6 Å². The number of nitrogens with zero attached hydrogens (tertiary/aromatic N) is 2. The lowest BCUT2D eigenvalue weighted by atomic mass is 10.1. The Hall–Kier alpha value is -3.35. The number of esters is 1. The Bertz CT molecular complexity index is 973. The first-order valence-electron chi connectivity index (χ1n) is 9.07. The van der Waals surface area contributed by atoms with E-state index in [9.17, 15) is 9.59 Å². The minimum atomic E-state index is -0.464. The van der Waals surface area contributed by atoms with Gasteiger partial charge in [-0.2, -0.15) is 5.10 Å². The van der Waals surface area contributed by atoms with Gasteiger partial charge >= 0.3 is 5.97 Å². The Balaban J connectivity index is 1.70. The van der Waals surface area contributed by atoms with E-state index in [4.69, 9.17) is 9.15 Å². The van der Waals surface area contributed by atoms with Crippen LogP contribution in [0.3, 0.4) is 0 Å². The van der Waals surface area contributed by atoms with Crippen molar-refractivity contribution in [1.82, 2.24) is 15.1 Å². The molecule has 3 rings (SSSR count). The number of carbonyl (C=O) groups excluding carboxylic acids is 2. The summed E-state index contributed by atoms with van der Waals surface area (Å²) in [5.41, 5.74) is 2.88. The zero-order valence-electron chi connectivity index (χ0n) is 16.2. The van der Waals surface area contributed by atoms with E-state index >= 15 is 0 Å². The molecule has 0 aliphatic heterocycles. The minimum absolute atomic E-state index is 0.170. The number of aromatic nitrogens is 2. The maximum absolute atomic E-state index is 12.6. The molecule has 0 atom stereocenters. The molecular weight excluding hydrogens is 358 g/mol. The zero-order valence-corrected chi connectivity index (χ0v) is 16.2. The van der Waals surface area contributed by atoms with Gasteiger partial charge in [0, 0.05) is 0 Å². The van der Waals surface area contributed by atoms with Crippen molar-refractivity contribution in [3.8, 4) is 0 Å². The Morgan fingerprint density at radius 1 is 1.21 bits per heavy atom. The van der Waals surface area contributed by atoms with Crippen molar-refractivity contribution in [2.24, 2.45) is 0 Å². The number of hydrogen-bond donors (Lipinski definition) is 1. The van der Waals surface area contributed by atoms with Crippen molar-refractivity contribution in [1.29, 1.82) is 0 Å². The number of hydrogen-bond acceptors (Lipinski definition) is 5. The van der Waals surface area contributed by atoms with Crippen LogP contribution in [0.4, 0.5) is 0 Å². The molecule has 0 saturated heterocycles. The average Bonchev–Trinajstić information content (AvgIpc) is 3.29. The van der Waals surface area contributed by atoms with E-state index in [1.54, 1.807) is 19.2 Å². The van der Waals surface area contributed by atoms with Crippen molar-refractivity contribution in [3.63, 3.8) is 0 Å². The van der Waals surface area contributed by atoms with Crippen LogP contribution in [0.2, 0.25) is 0 Å². The van der Waals surface area contributed by atoms with Crippen molar-refractivity contribution in [2.75, 3.05) is 7.11 Å². The molecule has 0 bridgehead atoms. The van der Waals surface area contributed by atoms with Gasteiger partial charge in [0.1, 0.15) is 17.1 Å². The van der Waals surface area contributed by atoms with E-state index in [2.05, 4.69) is 10.4 Å². The predicted octanol–water partition coefficient (Wildman–Crippen LogP) is 3.11. The topological polar surface area (TPSA) is 86.4 Å². The zero-order chi connectivity index (χ0) is 20.1. The largest absolute Gasteiger partial charge is 0.465 e. The molecule has 0 aliphatic carbocycles. The SMILES string of the molecule is CCc1c(C(=O)NCc2cc(C(=O)OC)c(C)o2)cnn1Cc1ccccc1. The van der Waals surface area contributed by atoms with Gasteiger partial charge in [-0.1, -0.05) is 37.3 Å². The standard InChI is InChI=1S/C21H23N3O4/c1-4-19-18(12-23-24(19)13-15-8-6-5-7-9-15)20(25)22-11-16-10-17(14(2)28-16)21(26)27-3/h5-10,12H,4,11,13H2,1-3H3,(H,22,25). The van der Waals surface area contributed by atoms with Crippen LogP contribution in [-0.2, 0) is 24.2 Å². The second kappa shape index (κ2) is 8.56. The van der Waals surface area contributed by atoms with Crippen LogP contribution >= 0.6 is 0 Å². The van der Waals surface area contributed by atoms with Gasteiger partial charge in [0.25, 0.3) is 5.91 Å². The van der Waals surface area contributed by atoms with Crippen molar-refractivity contribution < 1.29 is 18.7 Å². The minimum Gasteiger partial charge on any atom is -0.465 e. The van der Waals surface area contributed by atoms with Gasteiger partial charge in [-0.25, -0.2) is 4.79 Å². The van der Waals surface area contributed by atoms with Gasteiger partial charge in [-0.15, -0.1) is 0 Å². The molecule has 0 spiro atoms. The Morgan fingerprint density at radius 3 is 2.64 bits per heavy atom. The smallest absolute Gasteiger partial charge is 0.341 e.